The van der Waals surface area contributed by atoms with E-state index in [1.165, 1.54) is 0 Å². The van der Waals surface area contributed by atoms with Crippen LogP contribution in [0.3, 0.4) is 0 Å². The van der Waals surface area contributed by atoms with Crippen LogP contribution in [0.4, 0.5) is 4.79 Å². The predicted octanol–water partition coefficient (Wildman–Crippen LogP) is 2.13. The molecule has 0 saturated carbocycles. The van der Waals surface area contributed by atoms with Gasteiger partial charge in [0.1, 0.15) is 6.61 Å². The van der Waals surface area contributed by atoms with Crippen molar-refractivity contribution >= 4 is 18.0 Å². The van der Waals surface area contributed by atoms with Crippen molar-refractivity contribution in [3.05, 3.63) is 83.1 Å². The minimum absolute atomic E-state index is 0.0969. The van der Waals surface area contributed by atoms with Gasteiger partial charge in [0.15, 0.2) is 6.10 Å². The first-order chi connectivity index (χ1) is 14.5. The first kappa shape index (κ1) is 21.1. The van der Waals surface area contributed by atoms with Crippen molar-refractivity contribution in [3.63, 3.8) is 0 Å². The van der Waals surface area contributed by atoms with E-state index in [-0.39, 0.29) is 17.9 Å². The van der Waals surface area contributed by atoms with Gasteiger partial charge in [-0.15, -0.1) is 0 Å². The number of benzene rings is 2. The highest BCUT2D eigenvalue weighted by atomic mass is 16.5. The van der Waals surface area contributed by atoms with Gasteiger partial charge in [-0.05, 0) is 18.1 Å². The summed E-state index contributed by atoms with van der Waals surface area (Å²) in [6, 6.07) is 15.9. The van der Waals surface area contributed by atoms with Crippen molar-refractivity contribution in [1.82, 2.24) is 10.6 Å². The van der Waals surface area contributed by atoms with E-state index in [1.54, 1.807) is 61.5 Å². The lowest BCUT2D eigenvalue weighted by atomic mass is 9.95. The van der Waals surface area contributed by atoms with Crippen LogP contribution in [0.5, 0.6) is 0 Å². The van der Waals surface area contributed by atoms with Gasteiger partial charge in [-0.1, -0.05) is 60.7 Å². The third-order valence-electron chi connectivity index (χ3n) is 4.48. The van der Waals surface area contributed by atoms with E-state index in [9.17, 15) is 19.5 Å². The van der Waals surface area contributed by atoms with Gasteiger partial charge in [-0.2, -0.15) is 0 Å². The molecule has 1 aliphatic rings. The van der Waals surface area contributed by atoms with E-state index in [4.69, 9.17) is 9.47 Å². The minimum Gasteiger partial charge on any atom is -0.463 e. The summed E-state index contributed by atoms with van der Waals surface area (Å²) in [6.07, 6.45) is -1.49. The Kier molecular flexibility index (Phi) is 6.82. The Bertz CT molecular complexity index is 943. The number of rotatable bonds is 7. The largest absolute Gasteiger partial charge is 0.463 e. The molecule has 30 heavy (non-hydrogen) atoms. The molecule has 0 unspecified atom stereocenters. The normalized spacial score (nSPS) is 16.9. The van der Waals surface area contributed by atoms with Gasteiger partial charge in [-0.3, -0.25) is 0 Å². The molecule has 3 rings (SSSR count). The molecule has 2 amide bonds. The van der Waals surface area contributed by atoms with Crippen LogP contribution in [0.15, 0.2) is 71.9 Å². The zero-order chi connectivity index (χ0) is 21.5. The fourth-order valence-corrected chi connectivity index (χ4v) is 3.07. The second-order valence-corrected chi connectivity index (χ2v) is 6.48. The molecule has 8 heteroatoms. The van der Waals surface area contributed by atoms with Crippen LogP contribution < -0.4 is 10.6 Å². The van der Waals surface area contributed by atoms with Gasteiger partial charge in [0.2, 0.25) is 0 Å². The number of carbonyl (C=O) groups is 3. The molecule has 8 nitrogen and oxygen atoms in total. The predicted molar refractivity (Wildman–Crippen MR) is 107 cm³/mol. The van der Waals surface area contributed by atoms with E-state index in [2.05, 4.69) is 10.6 Å². The molecule has 3 N–H and O–H groups in total. The third-order valence-corrected chi connectivity index (χ3v) is 4.48. The van der Waals surface area contributed by atoms with Gasteiger partial charge >= 0.3 is 18.0 Å². The Morgan fingerprint density at radius 2 is 1.67 bits per heavy atom. The van der Waals surface area contributed by atoms with Crippen molar-refractivity contribution in [2.24, 2.45) is 0 Å². The SMILES string of the molecule is CCOC(=O)C1=C(COC(=O)[C@@H](O)c2ccccc2)NC(=O)N[C@H]1c1ccccc1. The van der Waals surface area contributed by atoms with Gasteiger partial charge < -0.3 is 25.2 Å². The second-order valence-electron chi connectivity index (χ2n) is 6.48. The van der Waals surface area contributed by atoms with Crippen LogP contribution >= 0.6 is 0 Å². The lowest BCUT2D eigenvalue weighted by Gasteiger charge is -2.29. The molecule has 0 aliphatic carbocycles. The monoisotopic (exact) mass is 410 g/mol. The number of aliphatic hydroxyl groups excluding tert-OH is 1. The number of hydrogen-bond acceptors (Lipinski definition) is 6. The zero-order valence-electron chi connectivity index (χ0n) is 16.3. The molecule has 0 fully saturated rings. The number of aliphatic hydroxyl groups is 1. The zero-order valence-corrected chi connectivity index (χ0v) is 16.3. The standard InChI is InChI=1S/C22H22N2O6/c1-2-29-20(26)17-16(13-30-21(27)19(25)15-11-7-4-8-12-15)23-22(28)24-18(17)14-9-5-3-6-10-14/h3-12,18-19,25H,2,13H2,1H3,(H2,23,24,28)/t18-,19-/m0/s1. The molecule has 0 radical (unpaired) electrons. The summed E-state index contributed by atoms with van der Waals surface area (Å²) in [4.78, 5) is 37.1. The summed E-state index contributed by atoms with van der Waals surface area (Å²) >= 11 is 0. The quantitative estimate of drug-likeness (QED) is 0.603. The highest BCUT2D eigenvalue weighted by Crippen LogP contribution is 2.28. The van der Waals surface area contributed by atoms with Crippen molar-refractivity contribution < 1.29 is 29.0 Å². The summed E-state index contributed by atoms with van der Waals surface area (Å²) in [5.74, 6) is -1.55. The third kappa shape index (κ3) is 4.84. The number of hydrogen-bond donors (Lipinski definition) is 3. The molecule has 156 valence electrons. The lowest BCUT2D eigenvalue weighted by Crippen LogP contribution is -2.47. The Balaban J connectivity index is 1.86. The Hall–Kier alpha value is -3.65. The molecule has 0 bridgehead atoms. The fraction of sp³-hybridized carbons (Fsp3) is 0.227. The average Bonchev–Trinajstić information content (AvgIpc) is 2.77. The van der Waals surface area contributed by atoms with Crippen LogP contribution in [-0.2, 0) is 19.1 Å². The van der Waals surface area contributed by atoms with Crippen LogP contribution in [0.2, 0.25) is 0 Å². The highest BCUT2D eigenvalue weighted by molar-refractivity contribution is 5.95. The van der Waals surface area contributed by atoms with E-state index in [0.29, 0.717) is 11.1 Å². The smallest absolute Gasteiger partial charge is 0.340 e. The summed E-state index contributed by atoms with van der Waals surface area (Å²) in [6.45, 7) is 1.39. The number of esters is 2. The maximum Gasteiger partial charge on any atom is 0.340 e. The number of amides is 2. The Morgan fingerprint density at radius 1 is 1.03 bits per heavy atom. The summed E-state index contributed by atoms with van der Waals surface area (Å²) in [7, 11) is 0. The van der Waals surface area contributed by atoms with Crippen LogP contribution in [0, 0.1) is 0 Å². The van der Waals surface area contributed by atoms with E-state index in [0.717, 1.165) is 0 Å². The first-order valence-corrected chi connectivity index (χ1v) is 9.43. The summed E-state index contributed by atoms with van der Waals surface area (Å²) in [5, 5.41) is 15.4. The first-order valence-electron chi connectivity index (χ1n) is 9.43. The van der Waals surface area contributed by atoms with Gasteiger partial charge in [0.25, 0.3) is 0 Å². The van der Waals surface area contributed by atoms with E-state index in [1.807, 2.05) is 6.07 Å². The average molecular weight is 410 g/mol. The molecule has 2 aromatic carbocycles. The van der Waals surface area contributed by atoms with E-state index >= 15 is 0 Å². The van der Waals surface area contributed by atoms with Gasteiger partial charge in [0, 0.05) is 0 Å². The molecule has 0 saturated heterocycles. The summed E-state index contributed by atoms with van der Waals surface area (Å²) < 4.78 is 10.3. The van der Waals surface area contributed by atoms with Gasteiger partial charge in [-0.25, -0.2) is 14.4 Å². The molecule has 0 aromatic heterocycles. The Morgan fingerprint density at radius 3 is 2.30 bits per heavy atom. The summed E-state index contributed by atoms with van der Waals surface area (Å²) in [5.41, 5.74) is 1.27. The molecule has 1 heterocycles. The molecular formula is C22H22N2O6. The van der Waals surface area contributed by atoms with Crippen LogP contribution in [-0.4, -0.2) is 36.3 Å². The fourth-order valence-electron chi connectivity index (χ4n) is 3.07. The van der Waals surface area contributed by atoms with E-state index < -0.39 is 36.7 Å². The number of ether oxygens (including phenoxy) is 2. The second kappa shape index (κ2) is 9.71. The molecule has 1 aliphatic heterocycles. The van der Waals surface area contributed by atoms with Gasteiger partial charge in [0.05, 0.1) is 23.9 Å². The number of carbonyl (C=O) groups excluding carboxylic acids is 3. The van der Waals surface area contributed by atoms with Crippen LogP contribution in [0.25, 0.3) is 0 Å². The maximum atomic E-state index is 12.6. The molecular weight excluding hydrogens is 388 g/mol. The molecule has 2 aromatic rings. The highest BCUT2D eigenvalue weighted by Gasteiger charge is 2.34. The lowest BCUT2D eigenvalue weighted by molar-refractivity contribution is -0.153. The molecule has 2 atom stereocenters. The minimum atomic E-state index is -1.49. The Labute approximate surface area is 173 Å². The number of urea groups is 1. The van der Waals surface area contributed by atoms with Crippen molar-refractivity contribution in [2.75, 3.05) is 13.2 Å². The maximum absolute atomic E-state index is 12.6. The van der Waals surface area contributed by atoms with Crippen molar-refractivity contribution in [1.29, 1.82) is 0 Å². The number of nitrogens with one attached hydrogen (secondary N) is 2. The van der Waals surface area contributed by atoms with Crippen molar-refractivity contribution in [2.45, 2.75) is 19.1 Å². The van der Waals surface area contributed by atoms with Crippen molar-refractivity contribution in [3.8, 4) is 0 Å². The topological polar surface area (TPSA) is 114 Å². The van der Waals surface area contributed by atoms with Crippen LogP contribution in [0.1, 0.15) is 30.2 Å². The molecule has 0 spiro atoms.